The summed E-state index contributed by atoms with van der Waals surface area (Å²) in [6.07, 6.45) is 3.16. The summed E-state index contributed by atoms with van der Waals surface area (Å²) in [5, 5.41) is 11.5. The highest BCUT2D eigenvalue weighted by atomic mass is 19.1. The van der Waals surface area contributed by atoms with Gasteiger partial charge in [-0.15, -0.1) is 5.10 Å². The summed E-state index contributed by atoms with van der Waals surface area (Å²) in [5.41, 5.74) is 2.41. The van der Waals surface area contributed by atoms with E-state index in [0.29, 0.717) is 28.3 Å². The van der Waals surface area contributed by atoms with Crippen LogP contribution in [0.1, 0.15) is 0 Å². The lowest BCUT2D eigenvalue weighted by molar-refractivity contribution is -0.117. The molecule has 0 aliphatic rings. The van der Waals surface area contributed by atoms with Gasteiger partial charge in [-0.3, -0.25) is 4.79 Å². The molecular formula is C22H17FN6O3. The van der Waals surface area contributed by atoms with Gasteiger partial charge in [0.15, 0.2) is 5.65 Å². The maximum atomic E-state index is 13.2. The van der Waals surface area contributed by atoms with Gasteiger partial charge in [0.2, 0.25) is 5.91 Å². The van der Waals surface area contributed by atoms with E-state index in [1.807, 2.05) is 0 Å². The Morgan fingerprint density at radius 3 is 2.53 bits per heavy atom. The number of hydrogen-bond donors (Lipinski definition) is 1. The molecule has 5 rings (SSSR count). The van der Waals surface area contributed by atoms with Crippen LogP contribution in [0.3, 0.4) is 0 Å². The van der Waals surface area contributed by atoms with Gasteiger partial charge in [0.25, 0.3) is 0 Å². The van der Waals surface area contributed by atoms with Gasteiger partial charge in [-0.2, -0.15) is 5.10 Å². The Bertz CT molecular complexity index is 1500. The number of carbonyl (C=O) groups excluding carboxylic acids is 1. The second-order valence-corrected chi connectivity index (χ2v) is 7.07. The molecule has 2 aromatic carbocycles. The number of nitrogens with zero attached hydrogens (tertiary/aromatic N) is 5. The van der Waals surface area contributed by atoms with Gasteiger partial charge in [-0.1, -0.05) is 0 Å². The molecule has 160 valence electrons. The van der Waals surface area contributed by atoms with Crippen molar-refractivity contribution in [1.29, 1.82) is 0 Å². The third kappa shape index (κ3) is 3.47. The quantitative estimate of drug-likeness (QED) is 0.461. The third-order valence-corrected chi connectivity index (χ3v) is 5.00. The van der Waals surface area contributed by atoms with E-state index in [1.54, 1.807) is 60.3 Å². The van der Waals surface area contributed by atoms with E-state index in [0.717, 1.165) is 10.2 Å². The summed E-state index contributed by atoms with van der Waals surface area (Å²) < 4.78 is 22.4. The number of anilines is 1. The molecule has 0 saturated heterocycles. The Morgan fingerprint density at radius 1 is 1.06 bits per heavy atom. The number of aromatic nitrogens is 5. The normalized spacial score (nSPS) is 11.2. The first-order valence-electron chi connectivity index (χ1n) is 9.69. The van der Waals surface area contributed by atoms with E-state index >= 15 is 0 Å². The first-order chi connectivity index (χ1) is 15.5. The number of nitrogens with one attached hydrogen (secondary N) is 1. The smallest absolute Gasteiger partial charge is 0.350 e. The minimum absolute atomic E-state index is 0.252. The zero-order chi connectivity index (χ0) is 22.2. The van der Waals surface area contributed by atoms with Crippen molar-refractivity contribution in [2.45, 2.75) is 6.54 Å². The molecule has 10 heteroatoms. The van der Waals surface area contributed by atoms with Gasteiger partial charge < -0.3 is 10.1 Å². The van der Waals surface area contributed by atoms with Crippen LogP contribution in [0.25, 0.3) is 22.4 Å². The number of halogens is 1. The molecule has 0 saturated carbocycles. The van der Waals surface area contributed by atoms with E-state index < -0.39 is 11.6 Å². The molecular weight excluding hydrogens is 415 g/mol. The van der Waals surface area contributed by atoms with Gasteiger partial charge in [0.05, 0.1) is 12.8 Å². The Kier molecular flexibility index (Phi) is 4.66. The van der Waals surface area contributed by atoms with Crippen LogP contribution in [0.4, 0.5) is 10.1 Å². The largest absolute Gasteiger partial charge is 0.497 e. The van der Waals surface area contributed by atoms with Gasteiger partial charge in [0.1, 0.15) is 23.6 Å². The predicted octanol–water partition coefficient (Wildman–Crippen LogP) is 2.60. The van der Waals surface area contributed by atoms with Crippen molar-refractivity contribution in [2.24, 2.45) is 0 Å². The maximum absolute atomic E-state index is 13.2. The van der Waals surface area contributed by atoms with Crippen molar-refractivity contribution >= 4 is 22.8 Å². The molecule has 1 amide bonds. The van der Waals surface area contributed by atoms with E-state index in [-0.39, 0.29) is 12.4 Å². The summed E-state index contributed by atoms with van der Waals surface area (Å²) in [6, 6.07) is 14.6. The predicted molar refractivity (Wildman–Crippen MR) is 115 cm³/mol. The molecule has 0 atom stereocenters. The van der Waals surface area contributed by atoms with Crippen LogP contribution >= 0.6 is 0 Å². The standard InChI is InChI=1S/C22H17FN6O3/c1-32-17-8-6-16(7-9-17)24-20(30)13-29-22(31)27-10-11-28-19(21(27)26-29)12-18(25-28)14-2-4-15(23)5-3-14/h2-12H,13H2,1H3,(H,24,30). The summed E-state index contributed by atoms with van der Waals surface area (Å²) in [6.45, 7) is -0.252. The van der Waals surface area contributed by atoms with Crippen LogP contribution in [0.5, 0.6) is 5.75 Å². The van der Waals surface area contributed by atoms with E-state index in [9.17, 15) is 14.0 Å². The van der Waals surface area contributed by atoms with Crippen molar-refractivity contribution in [3.63, 3.8) is 0 Å². The molecule has 0 unspecified atom stereocenters. The molecule has 0 aliphatic heterocycles. The highest BCUT2D eigenvalue weighted by Crippen LogP contribution is 2.21. The van der Waals surface area contributed by atoms with Crippen molar-refractivity contribution in [1.82, 2.24) is 23.8 Å². The number of fused-ring (bicyclic) bond motifs is 3. The second-order valence-electron chi connectivity index (χ2n) is 7.07. The number of benzene rings is 2. The minimum Gasteiger partial charge on any atom is -0.497 e. The molecule has 0 radical (unpaired) electrons. The van der Waals surface area contributed by atoms with E-state index in [2.05, 4.69) is 15.5 Å². The molecule has 0 spiro atoms. The van der Waals surface area contributed by atoms with Crippen LogP contribution in [-0.4, -0.2) is 36.8 Å². The molecule has 9 nitrogen and oxygen atoms in total. The average molecular weight is 432 g/mol. The number of ether oxygens (including phenoxy) is 1. The van der Waals surface area contributed by atoms with Crippen molar-refractivity contribution in [2.75, 3.05) is 12.4 Å². The lowest BCUT2D eigenvalue weighted by Crippen LogP contribution is -2.28. The molecule has 3 aromatic heterocycles. The number of rotatable bonds is 5. The third-order valence-electron chi connectivity index (χ3n) is 5.00. The number of methoxy groups -OCH3 is 1. The first-order valence-corrected chi connectivity index (χ1v) is 9.69. The fourth-order valence-electron chi connectivity index (χ4n) is 3.41. The van der Waals surface area contributed by atoms with Gasteiger partial charge in [-0.25, -0.2) is 22.8 Å². The first kappa shape index (κ1) is 19.5. The van der Waals surface area contributed by atoms with Crippen LogP contribution < -0.4 is 15.7 Å². The SMILES string of the molecule is COc1ccc(NC(=O)Cn2nc3c4cc(-c5ccc(F)cc5)nn4ccn3c2=O)cc1. The number of hydrogen-bond acceptors (Lipinski definition) is 5. The maximum Gasteiger partial charge on any atom is 0.350 e. The molecule has 1 N–H and O–H groups in total. The lowest BCUT2D eigenvalue weighted by Gasteiger charge is -2.05. The van der Waals surface area contributed by atoms with Crippen molar-refractivity contribution < 1.29 is 13.9 Å². The van der Waals surface area contributed by atoms with Gasteiger partial charge in [-0.05, 0) is 54.6 Å². The average Bonchev–Trinajstić information content (AvgIpc) is 3.36. The van der Waals surface area contributed by atoms with Gasteiger partial charge in [0, 0.05) is 23.6 Å². The Balaban J connectivity index is 1.45. The van der Waals surface area contributed by atoms with E-state index in [1.165, 1.54) is 22.7 Å². The van der Waals surface area contributed by atoms with Crippen LogP contribution in [0.2, 0.25) is 0 Å². The summed E-state index contributed by atoms with van der Waals surface area (Å²) in [7, 11) is 1.56. The fraction of sp³-hybridized carbons (Fsp3) is 0.0909. The topological polar surface area (TPSA) is 94.9 Å². The summed E-state index contributed by atoms with van der Waals surface area (Å²) >= 11 is 0. The fourth-order valence-corrected chi connectivity index (χ4v) is 3.41. The van der Waals surface area contributed by atoms with Crippen molar-refractivity contribution in [3.8, 4) is 17.0 Å². The molecule has 32 heavy (non-hydrogen) atoms. The molecule has 0 fully saturated rings. The van der Waals surface area contributed by atoms with Crippen molar-refractivity contribution in [3.05, 3.63) is 83.3 Å². The lowest BCUT2D eigenvalue weighted by atomic mass is 10.1. The van der Waals surface area contributed by atoms with Crippen LogP contribution in [0, 0.1) is 5.82 Å². The van der Waals surface area contributed by atoms with E-state index in [4.69, 9.17) is 4.74 Å². The molecule has 0 aliphatic carbocycles. The Morgan fingerprint density at radius 2 is 1.81 bits per heavy atom. The summed E-state index contributed by atoms with van der Waals surface area (Å²) in [5.74, 6) is -0.0558. The molecule has 3 heterocycles. The second kappa shape index (κ2) is 7.65. The zero-order valence-corrected chi connectivity index (χ0v) is 16.9. The monoisotopic (exact) mass is 432 g/mol. The number of amides is 1. The molecule has 5 aromatic rings. The van der Waals surface area contributed by atoms with Crippen LogP contribution in [0.15, 0.2) is 71.8 Å². The minimum atomic E-state index is -0.447. The zero-order valence-electron chi connectivity index (χ0n) is 16.9. The number of carbonyl (C=O) groups is 1. The Labute approximate surface area is 180 Å². The highest BCUT2D eigenvalue weighted by molar-refractivity contribution is 5.90. The van der Waals surface area contributed by atoms with Gasteiger partial charge >= 0.3 is 5.69 Å². The highest BCUT2D eigenvalue weighted by Gasteiger charge is 2.15. The Hall–Kier alpha value is -4.47. The van der Waals surface area contributed by atoms with Crippen LogP contribution in [-0.2, 0) is 11.3 Å². The summed E-state index contributed by atoms with van der Waals surface area (Å²) in [4.78, 5) is 25.2. The molecule has 0 bridgehead atoms.